The molecule has 0 saturated carbocycles. The number of carbonyl (C=O) groups is 1. The van der Waals surface area contributed by atoms with Crippen LogP contribution in [0.4, 0.5) is 0 Å². The molecule has 0 radical (unpaired) electrons. The molecule has 1 amide bonds. The molecule has 2 N–H and O–H groups in total. The summed E-state index contributed by atoms with van der Waals surface area (Å²) in [7, 11) is 1.62. The monoisotopic (exact) mass is 543 g/mol. The summed E-state index contributed by atoms with van der Waals surface area (Å²) in [6, 6.07) is 22.6. The summed E-state index contributed by atoms with van der Waals surface area (Å²) >= 11 is 0. The summed E-state index contributed by atoms with van der Waals surface area (Å²) in [5.41, 5.74) is 11.1. The molecular weight excluding hydrogens is 510 g/mol. The number of nitrogens with one attached hydrogen (secondary N) is 1. The van der Waals surface area contributed by atoms with Crippen molar-refractivity contribution in [3.63, 3.8) is 0 Å². The van der Waals surface area contributed by atoms with Crippen LogP contribution in [0, 0.1) is 0 Å². The highest BCUT2D eigenvalue weighted by molar-refractivity contribution is 6.00. The van der Waals surface area contributed by atoms with Gasteiger partial charge in [-0.3, -0.25) is 4.79 Å². The van der Waals surface area contributed by atoms with E-state index < -0.39 is 5.54 Å². The second-order valence-corrected chi connectivity index (χ2v) is 9.38. The molecule has 0 fully saturated rings. The summed E-state index contributed by atoms with van der Waals surface area (Å²) in [5.74, 6) is 1.56. The Balaban J connectivity index is 1.56. The van der Waals surface area contributed by atoms with Crippen molar-refractivity contribution >= 4 is 11.8 Å². The van der Waals surface area contributed by atoms with Gasteiger partial charge in [0.2, 0.25) is 5.90 Å². The van der Waals surface area contributed by atoms with E-state index >= 15 is 0 Å². The van der Waals surface area contributed by atoms with Crippen LogP contribution in [0.1, 0.15) is 28.7 Å². The number of azide groups is 1. The first-order valence-electron chi connectivity index (χ1n) is 13.1. The summed E-state index contributed by atoms with van der Waals surface area (Å²) < 4.78 is 16.9. The first-order chi connectivity index (χ1) is 19.6. The van der Waals surface area contributed by atoms with E-state index in [1.54, 1.807) is 7.11 Å². The SMILES string of the molecule is COc1cccc(CCNC(=O)[C@@]2(Cc3ccccc3CN=[N+]=[N-])COC(c3ccc(OCCCO)cc3)=N2)c1. The maximum atomic E-state index is 13.7. The van der Waals surface area contributed by atoms with Gasteiger partial charge in [-0.1, -0.05) is 41.5 Å². The average molecular weight is 544 g/mol. The van der Waals surface area contributed by atoms with E-state index in [1.807, 2.05) is 72.8 Å². The smallest absolute Gasteiger partial charge is 0.251 e. The summed E-state index contributed by atoms with van der Waals surface area (Å²) in [6.07, 6.45) is 1.46. The van der Waals surface area contributed by atoms with Crippen LogP contribution in [0.5, 0.6) is 11.5 Å². The zero-order valence-electron chi connectivity index (χ0n) is 22.5. The Hall–Kier alpha value is -4.53. The minimum absolute atomic E-state index is 0.0674. The number of rotatable bonds is 14. The van der Waals surface area contributed by atoms with Gasteiger partial charge >= 0.3 is 0 Å². The third kappa shape index (κ3) is 7.31. The second-order valence-electron chi connectivity index (χ2n) is 9.38. The van der Waals surface area contributed by atoms with Gasteiger partial charge in [0.1, 0.15) is 18.1 Å². The molecule has 1 atom stereocenters. The molecule has 0 spiro atoms. The van der Waals surface area contributed by atoms with E-state index in [4.69, 9.17) is 29.8 Å². The number of ether oxygens (including phenoxy) is 3. The van der Waals surface area contributed by atoms with Crippen molar-refractivity contribution < 1.29 is 24.1 Å². The van der Waals surface area contributed by atoms with Crippen LogP contribution in [0.15, 0.2) is 82.9 Å². The van der Waals surface area contributed by atoms with Gasteiger partial charge in [-0.05, 0) is 65.0 Å². The predicted octanol–water partition coefficient (Wildman–Crippen LogP) is 4.38. The van der Waals surface area contributed by atoms with E-state index in [0.717, 1.165) is 28.0 Å². The maximum absolute atomic E-state index is 13.7. The first kappa shape index (κ1) is 28.5. The topological polar surface area (TPSA) is 138 Å². The third-order valence-electron chi connectivity index (χ3n) is 6.60. The second kappa shape index (κ2) is 14.0. The van der Waals surface area contributed by atoms with Crippen molar-refractivity contribution in [3.05, 3.63) is 105 Å². The number of carbonyl (C=O) groups excluding carboxylic acids is 1. The van der Waals surface area contributed by atoms with Crippen LogP contribution in [0.2, 0.25) is 0 Å². The van der Waals surface area contributed by atoms with E-state index in [1.165, 1.54) is 0 Å². The lowest BCUT2D eigenvalue weighted by Crippen LogP contribution is -2.49. The number of hydrogen-bond donors (Lipinski definition) is 2. The zero-order chi connectivity index (χ0) is 28.2. The highest BCUT2D eigenvalue weighted by Crippen LogP contribution is 2.29. The molecule has 10 heteroatoms. The molecule has 1 heterocycles. The molecule has 0 saturated heterocycles. The Kier molecular flexibility index (Phi) is 9.99. The van der Waals surface area contributed by atoms with Gasteiger partial charge in [0, 0.05) is 36.5 Å². The van der Waals surface area contributed by atoms with Crippen molar-refractivity contribution in [1.29, 1.82) is 0 Å². The summed E-state index contributed by atoms with van der Waals surface area (Å²) in [6.45, 7) is 1.15. The normalized spacial score (nSPS) is 15.9. The number of nitrogens with zero attached hydrogens (tertiary/aromatic N) is 4. The molecule has 0 unspecified atom stereocenters. The van der Waals surface area contributed by atoms with Gasteiger partial charge < -0.3 is 24.6 Å². The van der Waals surface area contributed by atoms with Gasteiger partial charge in [-0.15, -0.1) is 0 Å². The quantitative estimate of drug-likeness (QED) is 0.134. The van der Waals surface area contributed by atoms with Crippen LogP contribution in [0.3, 0.4) is 0 Å². The molecule has 10 nitrogen and oxygen atoms in total. The lowest BCUT2D eigenvalue weighted by Gasteiger charge is -2.24. The minimum Gasteiger partial charge on any atom is -0.497 e. The zero-order valence-corrected chi connectivity index (χ0v) is 22.5. The number of aliphatic hydroxyl groups is 1. The van der Waals surface area contributed by atoms with E-state index in [2.05, 4.69) is 15.3 Å². The van der Waals surface area contributed by atoms with Gasteiger partial charge in [-0.2, -0.15) is 0 Å². The number of aliphatic imine (C=N–C) groups is 1. The molecule has 40 heavy (non-hydrogen) atoms. The van der Waals surface area contributed by atoms with Gasteiger partial charge in [0.25, 0.3) is 5.91 Å². The van der Waals surface area contributed by atoms with Crippen molar-refractivity contribution in [1.82, 2.24) is 5.32 Å². The number of hydrogen-bond acceptors (Lipinski definition) is 7. The third-order valence-corrected chi connectivity index (χ3v) is 6.60. The molecule has 0 aliphatic carbocycles. The largest absolute Gasteiger partial charge is 0.497 e. The van der Waals surface area contributed by atoms with E-state index in [9.17, 15) is 4.79 Å². The fourth-order valence-electron chi connectivity index (χ4n) is 4.45. The van der Waals surface area contributed by atoms with E-state index in [-0.39, 0.29) is 32.1 Å². The molecule has 0 aromatic heterocycles. The van der Waals surface area contributed by atoms with Crippen molar-refractivity contribution in [3.8, 4) is 11.5 Å². The van der Waals surface area contributed by atoms with Crippen molar-refractivity contribution in [2.24, 2.45) is 10.1 Å². The first-order valence-corrected chi connectivity index (χ1v) is 13.1. The molecule has 3 aromatic carbocycles. The number of methoxy groups -OCH3 is 1. The minimum atomic E-state index is -1.20. The number of benzene rings is 3. The Labute approximate surface area is 233 Å². The number of aliphatic hydroxyl groups excluding tert-OH is 1. The summed E-state index contributed by atoms with van der Waals surface area (Å²) in [5, 5.41) is 15.7. The molecule has 1 aliphatic rings. The molecular formula is C30H33N5O5. The van der Waals surface area contributed by atoms with Gasteiger partial charge in [-0.25, -0.2) is 4.99 Å². The Morgan fingerprint density at radius 2 is 1.93 bits per heavy atom. The molecule has 1 aliphatic heterocycles. The molecule has 3 aromatic rings. The van der Waals surface area contributed by atoms with Crippen molar-refractivity contribution in [2.75, 3.05) is 33.5 Å². The lowest BCUT2D eigenvalue weighted by molar-refractivity contribution is -0.126. The number of amides is 1. The highest BCUT2D eigenvalue weighted by atomic mass is 16.5. The molecule has 208 valence electrons. The Morgan fingerprint density at radius 3 is 2.67 bits per heavy atom. The van der Waals surface area contributed by atoms with Crippen LogP contribution in [-0.2, 0) is 28.9 Å². The van der Waals surface area contributed by atoms with Crippen LogP contribution < -0.4 is 14.8 Å². The average Bonchev–Trinajstić information content (AvgIpc) is 3.42. The molecule has 4 rings (SSSR count). The van der Waals surface area contributed by atoms with Crippen LogP contribution in [0.25, 0.3) is 10.4 Å². The van der Waals surface area contributed by atoms with Crippen LogP contribution in [-0.4, -0.2) is 55.9 Å². The highest BCUT2D eigenvalue weighted by Gasteiger charge is 2.44. The fourth-order valence-corrected chi connectivity index (χ4v) is 4.45. The lowest BCUT2D eigenvalue weighted by atomic mass is 9.89. The van der Waals surface area contributed by atoms with E-state index in [0.29, 0.717) is 37.6 Å². The van der Waals surface area contributed by atoms with Gasteiger partial charge in [0.15, 0.2) is 5.54 Å². The van der Waals surface area contributed by atoms with Gasteiger partial charge in [0.05, 0.1) is 20.3 Å². The van der Waals surface area contributed by atoms with Crippen LogP contribution >= 0.6 is 0 Å². The standard InChI is InChI=1S/C30H33N5O5/c1-38-27-9-4-6-22(18-27)14-15-32-29(37)30(19-24-7-2-3-8-25(24)20-33-35-31)21-40-28(34-30)23-10-12-26(13-11-23)39-17-5-16-36/h2-4,6-13,18,36H,5,14-17,19-21H2,1H3,(H,32,37)/t30-/m1/s1. The fraction of sp³-hybridized carbons (Fsp3) is 0.333. The predicted molar refractivity (Wildman–Crippen MR) is 152 cm³/mol. The maximum Gasteiger partial charge on any atom is 0.251 e. The molecule has 0 bridgehead atoms. The van der Waals surface area contributed by atoms with Crippen molar-refractivity contribution in [2.45, 2.75) is 31.3 Å². The Morgan fingerprint density at radius 1 is 1.12 bits per heavy atom. The Bertz CT molecular complexity index is 1370. The summed E-state index contributed by atoms with van der Waals surface area (Å²) in [4.78, 5) is 21.5.